The van der Waals surface area contributed by atoms with E-state index in [1.165, 1.54) is 0 Å². The Morgan fingerprint density at radius 1 is 0.326 bits per heavy atom. The first-order valence-corrected chi connectivity index (χ1v) is 30.5. The van der Waals surface area contributed by atoms with Gasteiger partial charge in [-0.2, -0.15) is 0 Å². The molecule has 10 aromatic rings. The number of ether oxygens (including phenoxy) is 6. The van der Waals surface area contributed by atoms with Crippen molar-refractivity contribution in [3.63, 3.8) is 0 Å². The maximum Gasteiger partial charge on any atom is 0.530 e. The summed E-state index contributed by atoms with van der Waals surface area (Å²) in [5.41, 5.74) is 3.38. The van der Waals surface area contributed by atoms with Gasteiger partial charge < -0.3 is 55.6 Å². The third kappa shape index (κ3) is 15.2. The normalized spacial score (nSPS) is 11.2. The Bertz CT molecular complexity index is 3520. The molecule has 0 spiro atoms. The fourth-order valence-electron chi connectivity index (χ4n) is 9.23. The second kappa shape index (κ2) is 30.3. The Hall–Kier alpha value is -8.84. The van der Waals surface area contributed by atoms with Gasteiger partial charge in [-0.05, 0) is 110 Å². The van der Waals surface area contributed by atoms with Crippen molar-refractivity contribution < 1.29 is 65.2 Å². The molecule has 0 fully saturated rings. The molecule has 0 aliphatic rings. The summed E-state index contributed by atoms with van der Waals surface area (Å²) >= 11 is 0. The van der Waals surface area contributed by atoms with Gasteiger partial charge in [-0.25, -0.2) is 9.59 Å². The number of esters is 2. The van der Waals surface area contributed by atoms with Crippen LogP contribution in [-0.2, 0) is 45.4 Å². The predicted molar refractivity (Wildman–Crippen MR) is 334 cm³/mol. The number of hydrogen-bond donors (Lipinski definition) is 0. The van der Waals surface area contributed by atoms with Gasteiger partial charge in [0.1, 0.15) is 45.6 Å². The van der Waals surface area contributed by atoms with Gasteiger partial charge in [-0.3, -0.25) is 0 Å². The van der Waals surface area contributed by atoms with E-state index >= 15 is 9.59 Å². The molecule has 0 amide bonds. The van der Waals surface area contributed by atoms with Crippen molar-refractivity contribution in [2.24, 2.45) is 0 Å². The van der Waals surface area contributed by atoms with Crippen LogP contribution in [0, 0.1) is 0 Å². The molecule has 0 N–H and O–H groups in total. The van der Waals surface area contributed by atoms with E-state index in [1.807, 2.05) is 161 Å². The minimum atomic E-state index is -2.64. The zero-order valence-corrected chi connectivity index (χ0v) is 49.8. The number of para-hydroxylation sites is 6. The second-order valence-corrected chi connectivity index (χ2v) is 21.1. The number of fused-ring (bicyclic) bond motifs is 2. The molecule has 0 bridgehead atoms. The van der Waals surface area contributed by atoms with Crippen LogP contribution >= 0.6 is 17.2 Å². The van der Waals surface area contributed by atoms with Gasteiger partial charge in [-0.1, -0.05) is 158 Å². The van der Waals surface area contributed by atoms with Gasteiger partial charge in [-0.15, -0.1) is 0 Å². The number of carbonyl (C=O) groups is 2. The van der Waals surface area contributed by atoms with Crippen LogP contribution in [0.3, 0.4) is 0 Å². The van der Waals surface area contributed by atoms with Gasteiger partial charge in [0.05, 0.1) is 26.4 Å². The summed E-state index contributed by atoms with van der Waals surface area (Å²) < 4.78 is 79.0. The van der Waals surface area contributed by atoms with Crippen LogP contribution in [0.5, 0.6) is 46.0 Å². The van der Waals surface area contributed by atoms with Gasteiger partial charge in [0, 0.05) is 59.8 Å². The Morgan fingerprint density at radius 2 is 0.605 bits per heavy atom. The summed E-state index contributed by atoms with van der Waals surface area (Å²) in [7, 11) is -5.28. The smallest absolute Gasteiger partial charge is 0.423 e. The number of rotatable bonds is 29. The highest BCUT2D eigenvalue weighted by atomic mass is 31.2. The van der Waals surface area contributed by atoms with Crippen molar-refractivity contribution in [3.05, 3.63) is 252 Å². The van der Waals surface area contributed by atoms with Crippen LogP contribution in [0.1, 0.15) is 70.7 Å². The maximum absolute atomic E-state index is 15.5. The third-order valence-electron chi connectivity index (χ3n) is 13.4. The van der Waals surface area contributed by atoms with Crippen molar-refractivity contribution in [3.8, 4) is 57.1 Å². The molecule has 14 nitrogen and oxygen atoms in total. The van der Waals surface area contributed by atoms with Gasteiger partial charge in [0.2, 0.25) is 0 Å². The number of carbonyl (C=O) groups excluding carboxylic acids is 2. The highest BCUT2D eigenvalue weighted by Crippen LogP contribution is 2.56. The lowest BCUT2D eigenvalue weighted by Gasteiger charge is -2.27. The second-order valence-electron chi connectivity index (χ2n) is 19.1. The van der Waals surface area contributed by atoms with Crippen molar-refractivity contribution in [1.29, 1.82) is 0 Å². The monoisotopic (exact) mass is 1190 g/mol. The average molecular weight is 1190 g/mol. The Morgan fingerprint density at radius 3 is 0.919 bits per heavy atom. The van der Waals surface area contributed by atoms with Gasteiger partial charge >= 0.3 is 29.1 Å². The molecule has 0 saturated carbocycles. The van der Waals surface area contributed by atoms with Crippen molar-refractivity contribution in [2.75, 3.05) is 26.4 Å². The molecule has 0 aromatic heterocycles. The molecule has 0 aliphatic heterocycles. The predicted octanol–water partition coefficient (Wildman–Crippen LogP) is 17.8. The van der Waals surface area contributed by atoms with Crippen LogP contribution in [0.15, 0.2) is 218 Å². The SMILES string of the molecule is CCOCc1ccccc1OP(Oc1ccccc1COCC)Oc1c(C(=O)Oc2ccccc2)cc2ccccc2c1-c1c(OP(Oc2ccccc2COCC)Oc2ccccc2COCC)c(C(=O)Oc2ccccc2)cc2ccccc12. The fourth-order valence-corrected chi connectivity index (χ4v) is 11.5. The van der Waals surface area contributed by atoms with Gasteiger partial charge in [0.25, 0.3) is 0 Å². The molecular weight excluding hydrogens is 1130 g/mol. The Labute approximate surface area is 503 Å². The first kappa shape index (κ1) is 60.3. The standard InChI is InChI=1S/C70H64O14P2/c1-5-73-45-51-29-17-23-39-61(51)79-85(80-62-40-24-18-30-52(62)46-74-6-2)83-67-59(69(71)77-55-33-11-9-12-34-55)43-49-27-15-21-37-57(49)65(67)66-58-38-22-16-28-50(58)44-60(70(72)78-56-35-13-10-14-36-56)68(66)84-86(81-63-41-25-19-31-53(63)47-75-7-3)82-64-42-26-20-32-54(64)48-76-8-4/h9-44H,5-8,45-48H2,1-4H3. The van der Waals surface area contributed by atoms with E-state index in [9.17, 15) is 0 Å². The highest BCUT2D eigenvalue weighted by molar-refractivity contribution is 7.43. The number of benzene rings is 10. The first-order chi connectivity index (χ1) is 42.3. The highest BCUT2D eigenvalue weighted by Gasteiger charge is 2.36. The van der Waals surface area contributed by atoms with E-state index < -0.39 is 29.1 Å². The molecule has 0 aliphatic carbocycles. The van der Waals surface area contributed by atoms with Crippen LogP contribution in [0.4, 0.5) is 0 Å². The molecule has 16 heteroatoms. The fraction of sp³-hybridized carbons (Fsp3) is 0.171. The third-order valence-corrected chi connectivity index (χ3v) is 15.4. The lowest BCUT2D eigenvalue weighted by molar-refractivity contribution is 0.0722. The summed E-state index contributed by atoms with van der Waals surface area (Å²) in [5, 5.41) is 2.34. The minimum absolute atomic E-state index is 0.0239. The zero-order chi connectivity index (χ0) is 59.5. The zero-order valence-electron chi connectivity index (χ0n) is 48.1. The van der Waals surface area contributed by atoms with Crippen molar-refractivity contribution in [2.45, 2.75) is 54.1 Å². The molecule has 10 aromatic carbocycles. The Balaban J connectivity index is 1.28. The molecule has 0 radical (unpaired) electrons. The summed E-state index contributed by atoms with van der Waals surface area (Å²) in [4.78, 5) is 30.9. The quantitative estimate of drug-likeness (QED) is 0.0249. The summed E-state index contributed by atoms with van der Waals surface area (Å²) in [6.45, 7) is 10.3. The minimum Gasteiger partial charge on any atom is -0.423 e. The molecule has 0 heterocycles. The largest absolute Gasteiger partial charge is 0.530 e. The maximum atomic E-state index is 15.5. The summed E-state index contributed by atoms with van der Waals surface area (Å²) in [6.07, 6.45) is 0. The van der Waals surface area contributed by atoms with E-state index in [2.05, 4.69) is 0 Å². The molecular formula is C70H64O14P2. The first-order valence-electron chi connectivity index (χ1n) is 28.3. The van der Waals surface area contributed by atoms with E-state index in [1.54, 1.807) is 84.9 Å². The molecule has 0 atom stereocenters. The van der Waals surface area contributed by atoms with E-state index in [0.717, 1.165) is 0 Å². The van der Waals surface area contributed by atoms with E-state index in [-0.39, 0.29) is 71.7 Å². The van der Waals surface area contributed by atoms with Crippen LogP contribution in [0.2, 0.25) is 0 Å². The molecule has 0 unspecified atom stereocenters. The topological polar surface area (TPSA) is 145 Å². The molecule has 10 rings (SSSR count). The lowest BCUT2D eigenvalue weighted by Crippen LogP contribution is -2.15. The van der Waals surface area contributed by atoms with Gasteiger partial charge in [0.15, 0.2) is 11.5 Å². The molecule has 0 saturated heterocycles. The summed E-state index contributed by atoms with van der Waals surface area (Å²) in [5.74, 6) is 0.516. The molecule has 438 valence electrons. The van der Waals surface area contributed by atoms with E-state index in [4.69, 9.17) is 55.6 Å². The van der Waals surface area contributed by atoms with Crippen molar-refractivity contribution in [1.82, 2.24) is 0 Å². The lowest BCUT2D eigenvalue weighted by atomic mass is 9.88. The van der Waals surface area contributed by atoms with Crippen LogP contribution in [-0.4, -0.2) is 38.4 Å². The Kier molecular flexibility index (Phi) is 21.2. The number of hydrogen-bond acceptors (Lipinski definition) is 14. The van der Waals surface area contributed by atoms with Crippen LogP contribution < -0.4 is 36.6 Å². The summed E-state index contributed by atoms with van der Waals surface area (Å²) in [6, 6.07) is 65.7. The van der Waals surface area contributed by atoms with Crippen molar-refractivity contribution >= 4 is 50.7 Å². The van der Waals surface area contributed by atoms with E-state index in [0.29, 0.717) is 93.2 Å². The molecule has 86 heavy (non-hydrogen) atoms. The average Bonchev–Trinajstić information content (AvgIpc) is 1.29. The van der Waals surface area contributed by atoms with Crippen LogP contribution in [0.25, 0.3) is 32.7 Å².